The molecule has 0 saturated heterocycles. The van der Waals surface area contributed by atoms with Gasteiger partial charge in [-0.1, -0.05) is 54.6 Å². The molecular formula is C24H28NO3+. The van der Waals surface area contributed by atoms with Crippen LogP contribution in [0.2, 0.25) is 0 Å². The minimum absolute atomic E-state index is 0.520. The Kier molecular flexibility index (Phi) is 7.91. The first-order valence-corrected chi connectivity index (χ1v) is 9.68. The van der Waals surface area contributed by atoms with Gasteiger partial charge in [0.05, 0.1) is 20.3 Å². The Morgan fingerprint density at radius 1 is 0.679 bits per heavy atom. The second-order valence-electron chi connectivity index (χ2n) is 6.72. The molecule has 4 heteroatoms. The van der Waals surface area contributed by atoms with Gasteiger partial charge in [-0.05, 0) is 24.3 Å². The standard InChI is InChI=1S/C24H27NO3/c1-25(20-21-9-4-2-5-10-21)15-16-26-17-18-27-23-13-8-14-24(19-23)28-22-11-6-3-7-12-22/h2-14,19H,15-18,20H2,1H3/p+1. The van der Waals surface area contributed by atoms with Gasteiger partial charge in [0, 0.05) is 11.6 Å². The molecule has 1 atom stereocenters. The predicted molar refractivity (Wildman–Crippen MR) is 111 cm³/mol. The Hall–Kier alpha value is -2.82. The summed E-state index contributed by atoms with van der Waals surface area (Å²) in [5.41, 5.74) is 1.35. The molecule has 0 radical (unpaired) electrons. The fourth-order valence-electron chi connectivity index (χ4n) is 2.85. The third kappa shape index (κ3) is 7.06. The van der Waals surface area contributed by atoms with E-state index in [0.29, 0.717) is 13.2 Å². The van der Waals surface area contributed by atoms with Crippen LogP contribution in [0.4, 0.5) is 0 Å². The molecule has 3 rings (SSSR count). The molecule has 4 nitrogen and oxygen atoms in total. The topological polar surface area (TPSA) is 32.1 Å². The first-order chi connectivity index (χ1) is 13.8. The molecule has 0 aliphatic carbocycles. The third-order valence-electron chi connectivity index (χ3n) is 4.30. The van der Waals surface area contributed by atoms with Gasteiger partial charge < -0.3 is 19.1 Å². The lowest BCUT2D eigenvalue weighted by atomic mass is 10.2. The molecule has 0 bridgehead atoms. The van der Waals surface area contributed by atoms with Gasteiger partial charge in [0.15, 0.2) is 0 Å². The highest BCUT2D eigenvalue weighted by Gasteiger charge is 2.04. The maximum Gasteiger partial charge on any atom is 0.131 e. The van der Waals surface area contributed by atoms with E-state index in [1.807, 2.05) is 60.7 Å². The summed E-state index contributed by atoms with van der Waals surface area (Å²) in [6, 6.07) is 27.9. The van der Waals surface area contributed by atoms with E-state index in [0.717, 1.165) is 36.9 Å². The third-order valence-corrected chi connectivity index (χ3v) is 4.30. The quantitative estimate of drug-likeness (QED) is 0.518. The van der Waals surface area contributed by atoms with Crippen molar-refractivity contribution < 1.29 is 19.1 Å². The minimum atomic E-state index is 0.520. The number of rotatable bonds is 11. The molecule has 0 amide bonds. The van der Waals surface area contributed by atoms with E-state index in [1.54, 1.807) is 0 Å². The van der Waals surface area contributed by atoms with Crippen LogP contribution in [0.15, 0.2) is 84.9 Å². The second kappa shape index (κ2) is 11.1. The van der Waals surface area contributed by atoms with Crippen molar-refractivity contribution in [3.63, 3.8) is 0 Å². The maximum atomic E-state index is 5.83. The number of benzene rings is 3. The number of ether oxygens (including phenoxy) is 3. The van der Waals surface area contributed by atoms with Crippen molar-refractivity contribution in [3.05, 3.63) is 90.5 Å². The molecule has 0 fully saturated rings. The first kappa shape index (κ1) is 19.9. The van der Waals surface area contributed by atoms with E-state index in [2.05, 4.69) is 31.3 Å². The van der Waals surface area contributed by atoms with Crippen LogP contribution in [0.3, 0.4) is 0 Å². The van der Waals surface area contributed by atoms with Crippen molar-refractivity contribution in [1.29, 1.82) is 0 Å². The molecule has 0 aromatic heterocycles. The van der Waals surface area contributed by atoms with E-state index in [1.165, 1.54) is 10.5 Å². The summed E-state index contributed by atoms with van der Waals surface area (Å²) in [5, 5.41) is 0. The minimum Gasteiger partial charge on any atom is -0.491 e. The largest absolute Gasteiger partial charge is 0.491 e. The maximum absolute atomic E-state index is 5.83. The van der Waals surface area contributed by atoms with E-state index in [-0.39, 0.29) is 0 Å². The lowest BCUT2D eigenvalue weighted by molar-refractivity contribution is -0.894. The zero-order valence-corrected chi connectivity index (χ0v) is 16.3. The van der Waals surface area contributed by atoms with Gasteiger partial charge >= 0.3 is 0 Å². The van der Waals surface area contributed by atoms with Gasteiger partial charge in [0.2, 0.25) is 0 Å². The van der Waals surface area contributed by atoms with Crippen LogP contribution in [0, 0.1) is 0 Å². The average molecular weight is 378 g/mol. The van der Waals surface area contributed by atoms with Gasteiger partial charge in [-0.15, -0.1) is 0 Å². The summed E-state index contributed by atoms with van der Waals surface area (Å²) in [6.07, 6.45) is 0. The zero-order chi connectivity index (χ0) is 19.4. The van der Waals surface area contributed by atoms with Crippen LogP contribution < -0.4 is 14.4 Å². The molecule has 3 aromatic carbocycles. The van der Waals surface area contributed by atoms with E-state index in [4.69, 9.17) is 14.2 Å². The fourth-order valence-corrected chi connectivity index (χ4v) is 2.85. The zero-order valence-electron chi connectivity index (χ0n) is 16.3. The average Bonchev–Trinajstić information content (AvgIpc) is 2.72. The molecule has 0 spiro atoms. The Labute approximate surface area is 167 Å². The van der Waals surface area contributed by atoms with Crippen LogP contribution in [-0.4, -0.2) is 33.4 Å². The lowest BCUT2D eigenvalue weighted by Crippen LogP contribution is -3.08. The van der Waals surface area contributed by atoms with Crippen molar-refractivity contribution in [2.45, 2.75) is 6.54 Å². The van der Waals surface area contributed by atoms with Crippen molar-refractivity contribution in [3.8, 4) is 17.2 Å². The molecule has 3 aromatic rings. The van der Waals surface area contributed by atoms with Crippen LogP contribution >= 0.6 is 0 Å². The molecule has 28 heavy (non-hydrogen) atoms. The number of hydrogen-bond donors (Lipinski definition) is 1. The van der Waals surface area contributed by atoms with Crippen LogP contribution in [0.25, 0.3) is 0 Å². The Morgan fingerprint density at radius 2 is 1.36 bits per heavy atom. The van der Waals surface area contributed by atoms with Gasteiger partial charge in [0.1, 0.15) is 36.9 Å². The number of quaternary nitrogens is 1. The van der Waals surface area contributed by atoms with Crippen molar-refractivity contribution in [1.82, 2.24) is 0 Å². The highest BCUT2D eigenvalue weighted by atomic mass is 16.5. The van der Waals surface area contributed by atoms with Gasteiger partial charge in [-0.25, -0.2) is 0 Å². The molecule has 0 saturated carbocycles. The molecule has 0 aliphatic heterocycles. The highest BCUT2D eigenvalue weighted by molar-refractivity contribution is 5.36. The number of nitrogens with one attached hydrogen (secondary N) is 1. The summed E-state index contributed by atoms with van der Waals surface area (Å²) in [4.78, 5) is 1.43. The number of hydrogen-bond acceptors (Lipinski definition) is 3. The van der Waals surface area contributed by atoms with Crippen molar-refractivity contribution >= 4 is 0 Å². The molecule has 146 valence electrons. The second-order valence-corrected chi connectivity index (χ2v) is 6.72. The van der Waals surface area contributed by atoms with Crippen LogP contribution in [-0.2, 0) is 11.3 Å². The summed E-state index contributed by atoms with van der Waals surface area (Å²) in [6.45, 7) is 3.79. The predicted octanol–water partition coefficient (Wildman–Crippen LogP) is 3.59. The Bertz CT molecular complexity index is 808. The Morgan fingerprint density at radius 3 is 2.14 bits per heavy atom. The fraction of sp³-hybridized carbons (Fsp3) is 0.250. The first-order valence-electron chi connectivity index (χ1n) is 9.68. The van der Waals surface area contributed by atoms with Gasteiger partial charge in [-0.2, -0.15) is 0 Å². The summed E-state index contributed by atoms with van der Waals surface area (Å²) < 4.78 is 17.3. The molecular weight excluding hydrogens is 350 g/mol. The van der Waals surface area contributed by atoms with Gasteiger partial charge in [0.25, 0.3) is 0 Å². The van der Waals surface area contributed by atoms with Crippen LogP contribution in [0.5, 0.6) is 17.2 Å². The number of para-hydroxylation sites is 1. The lowest BCUT2D eigenvalue weighted by Gasteiger charge is -2.14. The summed E-state index contributed by atoms with van der Waals surface area (Å²) in [5.74, 6) is 2.35. The van der Waals surface area contributed by atoms with E-state index >= 15 is 0 Å². The van der Waals surface area contributed by atoms with Crippen molar-refractivity contribution in [2.24, 2.45) is 0 Å². The molecule has 0 heterocycles. The summed E-state index contributed by atoms with van der Waals surface area (Å²) in [7, 11) is 2.19. The normalized spacial score (nSPS) is 11.8. The summed E-state index contributed by atoms with van der Waals surface area (Å²) >= 11 is 0. The molecule has 0 aliphatic rings. The number of likely N-dealkylation sites (N-methyl/N-ethyl adjacent to an activating group) is 1. The van der Waals surface area contributed by atoms with E-state index in [9.17, 15) is 0 Å². The van der Waals surface area contributed by atoms with Gasteiger partial charge in [-0.3, -0.25) is 0 Å². The smallest absolute Gasteiger partial charge is 0.131 e. The van der Waals surface area contributed by atoms with E-state index < -0.39 is 0 Å². The monoisotopic (exact) mass is 378 g/mol. The van der Waals surface area contributed by atoms with Crippen LogP contribution in [0.1, 0.15) is 5.56 Å². The highest BCUT2D eigenvalue weighted by Crippen LogP contribution is 2.24. The SMILES string of the molecule is C[NH+](CCOCCOc1cccc(Oc2ccccc2)c1)Cc1ccccc1. The van der Waals surface area contributed by atoms with Crippen molar-refractivity contribution in [2.75, 3.05) is 33.4 Å². The molecule has 1 unspecified atom stereocenters. The molecule has 1 N–H and O–H groups in total. The Balaban J connectivity index is 1.31.